The molecule has 0 aliphatic rings. The third-order valence-corrected chi connectivity index (χ3v) is 2.92. The Kier molecular flexibility index (Phi) is 4.11. The second-order valence-electron chi connectivity index (χ2n) is 4.49. The number of hydrogen-bond donors (Lipinski definition) is 1. The summed E-state index contributed by atoms with van der Waals surface area (Å²) in [6, 6.07) is 13.7. The van der Waals surface area contributed by atoms with Crippen molar-refractivity contribution in [2.75, 3.05) is 0 Å². The molecule has 0 radical (unpaired) electrons. The van der Waals surface area contributed by atoms with Gasteiger partial charge in [-0.05, 0) is 30.7 Å². The number of carboxylic acids is 1. The van der Waals surface area contributed by atoms with E-state index in [0.717, 1.165) is 11.1 Å². The van der Waals surface area contributed by atoms with E-state index in [-0.39, 0.29) is 11.3 Å². The molecule has 2 aromatic carbocycles. The summed E-state index contributed by atoms with van der Waals surface area (Å²) in [7, 11) is 0. The largest absolute Gasteiger partial charge is 0.478 e. The Hall–Kier alpha value is -2.68. The van der Waals surface area contributed by atoms with Crippen LogP contribution in [0.15, 0.2) is 54.6 Å². The average Bonchev–Trinajstić information content (AvgIpc) is 2.46. The summed E-state index contributed by atoms with van der Waals surface area (Å²) >= 11 is 0. The van der Waals surface area contributed by atoms with Crippen molar-refractivity contribution in [2.45, 2.75) is 6.92 Å². The third kappa shape index (κ3) is 3.42. The van der Waals surface area contributed by atoms with Crippen LogP contribution in [0.5, 0.6) is 0 Å². The Balaban J connectivity index is 2.10. The summed E-state index contributed by atoms with van der Waals surface area (Å²) < 4.78 is 0. The highest BCUT2D eigenvalue weighted by Crippen LogP contribution is 2.09. The van der Waals surface area contributed by atoms with Crippen molar-refractivity contribution in [3.63, 3.8) is 0 Å². The summed E-state index contributed by atoms with van der Waals surface area (Å²) in [5.74, 6) is -1.04. The first-order chi connectivity index (χ1) is 9.56. The number of carbonyl (C=O) groups excluding carboxylic acids is 1. The maximum Gasteiger partial charge on any atom is 0.335 e. The summed E-state index contributed by atoms with van der Waals surface area (Å²) in [5, 5.41) is 8.79. The summed E-state index contributed by atoms with van der Waals surface area (Å²) in [6.45, 7) is 1.97. The molecule has 0 aliphatic carbocycles. The fourth-order valence-corrected chi connectivity index (χ4v) is 1.72. The Morgan fingerprint density at radius 1 is 0.900 bits per heavy atom. The summed E-state index contributed by atoms with van der Waals surface area (Å²) in [5.41, 5.74) is 2.76. The molecular weight excluding hydrogens is 252 g/mol. The van der Waals surface area contributed by atoms with Gasteiger partial charge in [0.15, 0.2) is 5.78 Å². The van der Waals surface area contributed by atoms with Crippen LogP contribution in [-0.4, -0.2) is 16.9 Å². The van der Waals surface area contributed by atoms with E-state index < -0.39 is 5.97 Å². The van der Waals surface area contributed by atoms with Gasteiger partial charge >= 0.3 is 5.97 Å². The standard InChI is InChI=1S/C17H14O3/c1-12-2-7-14(8-3-12)16(18)11-6-13-4-9-15(10-5-13)17(19)20/h2-11H,1H3,(H,19,20)/b11-6+. The fourth-order valence-electron chi connectivity index (χ4n) is 1.72. The molecule has 3 heteroatoms. The zero-order valence-electron chi connectivity index (χ0n) is 11.0. The van der Waals surface area contributed by atoms with E-state index in [9.17, 15) is 9.59 Å². The van der Waals surface area contributed by atoms with Gasteiger partial charge < -0.3 is 5.11 Å². The van der Waals surface area contributed by atoms with Crippen molar-refractivity contribution in [2.24, 2.45) is 0 Å². The molecule has 0 aromatic heterocycles. The van der Waals surface area contributed by atoms with Gasteiger partial charge in [0.25, 0.3) is 0 Å². The molecule has 0 atom stereocenters. The van der Waals surface area contributed by atoms with Crippen LogP contribution >= 0.6 is 0 Å². The van der Waals surface area contributed by atoms with E-state index in [1.54, 1.807) is 30.3 Å². The molecule has 3 nitrogen and oxygen atoms in total. The van der Waals surface area contributed by atoms with Crippen LogP contribution in [0.1, 0.15) is 31.8 Å². The van der Waals surface area contributed by atoms with E-state index in [2.05, 4.69) is 0 Å². The van der Waals surface area contributed by atoms with Crippen molar-refractivity contribution >= 4 is 17.8 Å². The number of rotatable bonds is 4. The second-order valence-corrected chi connectivity index (χ2v) is 4.49. The SMILES string of the molecule is Cc1ccc(C(=O)/C=C/c2ccc(C(=O)O)cc2)cc1. The average molecular weight is 266 g/mol. The van der Waals surface area contributed by atoms with Gasteiger partial charge in [0, 0.05) is 5.56 Å². The lowest BCUT2D eigenvalue weighted by atomic mass is 10.1. The number of carbonyl (C=O) groups is 2. The van der Waals surface area contributed by atoms with Crippen molar-refractivity contribution in [3.8, 4) is 0 Å². The Labute approximate surface area is 117 Å². The highest BCUT2D eigenvalue weighted by Gasteiger charge is 2.02. The highest BCUT2D eigenvalue weighted by atomic mass is 16.4. The molecule has 2 aromatic rings. The van der Waals surface area contributed by atoms with Crippen LogP contribution in [0.25, 0.3) is 6.08 Å². The molecule has 0 saturated heterocycles. The van der Waals surface area contributed by atoms with Gasteiger partial charge in [-0.15, -0.1) is 0 Å². The van der Waals surface area contributed by atoms with Crippen LogP contribution in [0, 0.1) is 6.92 Å². The van der Waals surface area contributed by atoms with Crippen molar-refractivity contribution in [3.05, 3.63) is 76.9 Å². The summed E-state index contributed by atoms with van der Waals surface area (Å²) in [6.07, 6.45) is 3.16. The topological polar surface area (TPSA) is 54.4 Å². The van der Waals surface area contributed by atoms with Crippen LogP contribution in [-0.2, 0) is 0 Å². The van der Waals surface area contributed by atoms with E-state index in [4.69, 9.17) is 5.11 Å². The monoisotopic (exact) mass is 266 g/mol. The minimum atomic E-state index is -0.962. The quantitative estimate of drug-likeness (QED) is 0.679. The predicted octanol–water partition coefficient (Wildman–Crippen LogP) is 3.59. The van der Waals surface area contributed by atoms with E-state index in [1.807, 2.05) is 19.1 Å². The molecule has 2 rings (SSSR count). The number of benzene rings is 2. The van der Waals surface area contributed by atoms with Crippen molar-refractivity contribution in [1.29, 1.82) is 0 Å². The predicted molar refractivity (Wildman–Crippen MR) is 77.9 cm³/mol. The number of aromatic carboxylic acids is 1. The minimum absolute atomic E-state index is 0.0766. The van der Waals surface area contributed by atoms with E-state index in [0.29, 0.717) is 5.56 Å². The Morgan fingerprint density at radius 2 is 1.45 bits per heavy atom. The van der Waals surface area contributed by atoms with Crippen LogP contribution in [0.3, 0.4) is 0 Å². The molecule has 0 amide bonds. The van der Waals surface area contributed by atoms with Crippen molar-refractivity contribution in [1.82, 2.24) is 0 Å². The molecular formula is C17H14O3. The lowest BCUT2D eigenvalue weighted by molar-refractivity contribution is 0.0696. The van der Waals surface area contributed by atoms with Crippen LogP contribution < -0.4 is 0 Å². The normalized spacial score (nSPS) is 10.7. The third-order valence-electron chi connectivity index (χ3n) is 2.92. The van der Waals surface area contributed by atoms with Gasteiger partial charge in [-0.25, -0.2) is 4.79 Å². The molecule has 0 spiro atoms. The van der Waals surface area contributed by atoms with Crippen LogP contribution in [0.2, 0.25) is 0 Å². The Bertz CT molecular complexity index is 650. The zero-order chi connectivity index (χ0) is 14.5. The van der Waals surface area contributed by atoms with Gasteiger partial charge in [-0.1, -0.05) is 48.0 Å². The molecule has 1 N–H and O–H groups in total. The first kappa shape index (κ1) is 13.7. The summed E-state index contributed by atoms with van der Waals surface area (Å²) in [4.78, 5) is 22.6. The number of carboxylic acid groups (broad SMARTS) is 1. The van der Waals surface area contributed by atoms with Gasteiger partial charge in [0.2, 0.25) is 0 Å². The number of allylic oxidation sites excluding steroid dienone is 1. The van der Waals surface area contributed by atoms with E-state index in [1.165, 1.54) is 18.2 Å². The second kappa shape index (κ2) is 5.97. The van der Waals surface area contributed by atoms with Gasteiger partial charge in [-0.2, -0.15) is 0 Å². The molecule has 20 heavy (non-hydrogen) atoms. The minimum Gasteiger partial charge on any atom is -0.478 e. The highest BCUT2D eigenvalue weighted by molar-refractivity contribution is 6.06. The first-order valence-corrected chi connectivity index (χ1v) is 6.19. The van der Waals surface area contributed by atoms with E-state index >= 15 is 0 Å². The number of hydrogen-bond acceptors (Lipinski definition) is 2. The maximum atomic E-state index is 11.9. The fraction of sp³-hybridized carbons (Fsp3) is 0.0588. The number of aryl methyl sites for hydroxylation is 1. The lowest BCUT2D eigenvalue weighted by Crippen LogP contribution is -1.95. The molecule has 0 saturated carbocycles. The van der Waals surface area contributed by atoms with Crippen LogP contribution in [0.4, 0.5) is 0 Å². The van der Waals surface area contributed by atoms with Gasteiger partial charge in [0.05, 0.1) is 5.56 Å². The Morgan fingerprint density at radius 3 is 2.00 bits per heavy atom. The lowest BCUT2D eigenvalue weighted by Gasteiger charge is -1.98. The van der Waals surface area contributed by atoms with Crippen molar-refractivity contribution < 1.29 is 14.7 Å². The molecule has 0 unspecified atom stereocenters. The molecule has 100 valence electrons. The number of ketones is 1. The van der Waals surface area contributed by atoms with Gasteiger partial charge in [-0.3, -0.25) is 4.79 Å². The zero-order valence-corrected chi connectivity index (χ0v) is 11.0. The maximum absolute atomic E-state index is 11.9. The molecule has 0 aliphatic heterocycles. The molecule has 0 fully saturated rings. The molecule has 0 bridgehead atoms. The molecule has 0 heterocycles. The smallest absolute Gasteiger partial charge is 0.335 e. The van der Waals surface area contributed by atoms with Gasteiger partial charge in [0.1, 0.15) is 0 Å². The first-order valence-electron chi connectivity index (χ1n) is 6.19.